The molecule has 0 radical (unpaired) electrons. The number of rotatable bonds is 9. The minimum atomic E-state index is -0.685. The number of phenolic OH excluding ortho intramolecular Hbond substituents is 1. The van der Waals surface area contributed by atoms with Gasteiger partial charge < -0.3 is 30.1 Å². The Kier molecular flexibility index (Phi) is 8.07. The lowest BCUT2D eigenvalue weighted by Crippen LogP contribution is -2.33. The molecule has 0 amide bonds. The number of nitrogens with zero attached hydrogens (tertiary/aromatic N) is 5. The number of likely N-dealkylation sites (tertiary alicyclic amines) is 1. The summed E-state index contributed by atoms with van der Waals surface area (Å²) in [5.41, 5.74) is 7.06. The summed E-state index contributed by atoms with van der Waals surface area (Å²) in [6.07, 6.45) is 8.58. The second kappa shape index (κ2) is 12.4. The van der Waals surface area contributed by atoms with Gasteiger partial charge in [0, 0.05) is 55.5 Å². The van der Waals surface area contributed by atoms with Crippen LogP contribution in [0.5, 0.6) is 11.8 Å². The highest BCUT2D eigenvalue weighted by molar-refractivity contribution is 6.03. The average molecular weight is 657 g/mol. The van der Waals surface area contributed by atoms with Crippen molar-refractivity contribution in [1.82, 2.24) is 19.9 Å². The minimum Gasteiger partial charge on any atom is -0.508 e. The van der Waals surface area contributed by atoms with Crippen LogP contribution in [0.25, 0.3) is 39.0 Å². The standard InChI is InChI=1S/C37H42F2N6O3/c1-2-26-28(38)7-6-22-14-25(46)15-27(30(22)26)33-32(39)34-31(29(41-33)8-11-40)35(45-12-4-3-5-13-45)43-36(42-34)48-21-37(9-10-37)20-44-16-23-18-47-19-24(23)17-44/h6-8,11,14-15,23-24,46H,2-5,9-10,12-13,16-21,40H2,1H3/b11-8-. The van der Waals surface area contributed by atoms with Crippen molar-refractivity contribution in [1.29, 1.82) is 0 Å². The number of nitrogens with two attached hydrogens (primary N) is 1. The van der Waals surface area contributed by atoms with Crippen molar-refractivity contribution in [2.24, 2.45) is 23.0 Å². The summed E-state index contributed by atoms with van der Waals surface area (Å²) in [7, 11) is 0. The Hall–Kier alpha value is -4.09. The molecule has 0 bridgehead atoms. The lowest BCUT2D eigenvalue weighted by molar-refractivity contribution is 0.131. The molecule has 4 aromatic rings. The number of aromatic nitrogens is 3. The number of ether oxygens (including phenoxy) is 2. The fraction of sp³-hybridized carbons (Fsp3) is 0.486. The molecule has 252 valence electrons. The Balaban J connectivity index is 1.23. The van der Waals surface area contributed by atoms with Crippen molar-refractivity contribution in [2.75, 3.05) is 57.4 Å². The van der Waals surface area contributed by atoms with Gasteiger partial charge in [-0.1, -0.05) is 13.0 Å². The topological polar surface area (TPSA) is 110 Å². The lowest BCUT2D eigenvalue weighted by Gasteiger charge is -2.29. The van der Waals surface area contributed by atoms with E-state index in [1.54, 1.807) is 18.2 Å². The van der Waals surface area contributed by atoms with E-state index in [9.17, 15) is 5.11 Å². The fourth-order valence-corrected chi connectivity index (χ4v) is 8.11. The zero-order chi connectivity index (χ0) is 33.0. The summed E-state index contributed by atoms with van der Waals surface area (Å²) >= 11 is 0. The molecule has 0 spiro atoms. The number of phenols is 1. The maximum absolute atomic E-state index is 17.1. The third kappa shape index (κ3) is 5.60. The van der Waals surface area contributed by atoms with Crippen LogP contribution in [0.15, 0.2) is 30.5 Å². The Morgan fingerprint density at radius 2 is 1.81 bits per heavy atom. The number of pyridine rings is 1. The molecule has 2 atom stereocenters. The summed E-state index contributed by atoms with van der Waals surface area (Å²) < 4.78 is 44.3. The zero-order valence-corrected chi connectivity index (χ0v) is 27.4. The van der Waals surface area contributed by atoms with Gasteiger partial charge in [0.15, 0.2) is 5.82 Å². The maximum Gasteiger partial charge on any atom is 0.319 e. The van der Waals surface area contributed by atoms with E-state index >= 15 is 8.78 Å². The van der Waals surface area contributed by atoms with Gasteiger partial charge in [-0.05, 0) is 85.3 Å². The molecule has 3 N–H and O–H groups in total. The van der Waals surface area contributed by atoms with Gasteiger partial charge in [-0.2, -0.15) is 9.97 Å². The van der Waals surface area contributed by atoms with Gasteiger partial charge in [0.05, 0.1) is 30.9 Å². The van der Waals surface area contributed by atoms with E-state index in [-0.39, 0.29) is 33.9 Å². The fourth-order valence-electron chi connectivity index (χ4n) is 8.11. The van der Waals surface area contributed by atoms with E-state index < -0.39 is 11.6 Å². The van der Waals surface area contributed by atoms with Crippen LogP contribution < -0.4 is 15.4 Å². The van der Waals surface area contributed by atoms with E-state index in [0.717, 1.165) is 78.0 Å². The molecule has 2 aromatic heterocycles. The first-order valence-electron chi connectivity index (χ1n) is 17.3. The summed E-state index contributed by atoms with van der Waals surface area (Å²) in [6, 6.07) is 6.07. The van der Waals surface area contributed by atoms with Gasteiger partial charge in [0.1, 0.15) is 28.6 Å². The van der Waals surface area contributed by atoms with Gasteiger partial charge in [-0.3, -0.25) is 0 Å². The third-order valence-corrected chi connectivity index (χ3v) is 10.8. The van der Waals surface area contributed by atoms with Crippen LogP contribution in [0, 0.1) is 28.9 Å². The number of hydrogen-bond donors (Lipinski definition) is 2. The number of aryl methyl sites for hydroxylation is 1. The molecule has 4 aliphatic rings. The summed E-state index contributed by atoms with van der Waals surface area (Å²) in [6.45, 7) is 8.61. The summed E-state index contributed by atoms with van der Waals surface area (Å²) in [4.78, 5) is 19.1. The van der Waals surface area contributed by atoms with Crippen LogP contribution in [-0.2, 0) is 11.2 Å². The van der Waals surface area contributed by atoms with Gasteiger partial charge in [0.25, 0.3) is 0 Å². The number of piperidine rings is 1. The Morgan fingerprint density at radius 1 is 1.04 bits per heavy atom. The van der Waals surface area contributed by atoms with Crippen molar-refractivity contribution < 1.29 is 23.4 Å². The molecule has 3 aliphatic heterocycles. The van der Waals surface area contributed by atoms with E-state index in [0.29, 0.717) is 58.1 Å². The van der Waals surface area contributed by atoms with E-state index in [2.05, 4.69) is 9.80 Å². The van der Waals surface area contributed by atoms with Crippen molar-refractivity contribution in [3.63, 3.8) is 0 Å². The number of benzene rings is 2. The third-order valence-electron chi connectivity index (χ3n) is 10.8. The minimum absolute atomic E-state index is 0.0274. The molecule has 2 aromatic carbocycles. The predicted octanol–water partition coefficient (Wildman–Crippen LogP) is 6.05. The van der Waals surface area contributed by atoms with E-state index in [1.807, 2.05) is 6.92 Å². The molecule has 5 heterocycles. The van der Waals surface area contributed by atoms with Crippen molar-refractivity contribution in [2.45, 2.75) is 45.4 Å². The van der Waals surface area contributed by atoms with Crippen LogP contribution >= 0.6 is 0 Å². The van der Waals surface area contributed by atoms with Gasteiger partial charge in [0.2, 0.25) is 0 Å². The van der Waals surface area contributed by atoms with E-state index in [1.165, 1.54) is 18.3 Å². The largest absolute Gasteiger partial charge is 0.508 e. The van der Waals surface area contributed by atoms with Gasteiger partial charge in [-0.25, -0.2) is 13.8 Å². The lowest BCUT2D eigenvalue weighted by atomic mass is 9.94. The molecular formula is C37H42F2N6O3. The number of anilines is 1. The first-order chi connectivity index (χ1) is 23.4. The second-order valence-corrected chi connectivity index (χ2v) is 14.1. The summed E-state index contributed by atoms with van der Waals surface area (Å²) in [5.74, 6) is 0.648. The predicted molar refractivity (Wildman–Crippen MR) is 182 cm³/mol. The first-order valence-corrected chi connectivity index (χ1v) is 17.3. The highest BCUT2D eigenvalue weighted by Crippen LogP contribution is 2.48. The zero-order valence-electron chi connectivity index (χ0n) is 27.4. The Morgan fingerprint density at radius 3 is 2.52 bits per heavy atom. The molecule has 1 aliphatic carbocycles. The van der Waals surface area contributed by atoms with Crippen LogP contribution in [0.3, 0.4) is 0 Å². The van der Waals surface area contributed by atoms with Gasteiger partial charge in [-0.15, -0.1) is 0 Å². The molecule has 8 rings (SSSR count). The van der Waals surface area contributed by atoms with Crippen molar-refractivity contribution in [3.05, 3.63) is 53.4 Å². The molecule has 4 fully saturated rings. The van der Waals surface area contributed by atoms with Crippen LogP contribution in [0.4, 0.5) is 14.6 Å². The van der Waals surface area contributed by atoms with E-state index in [4.69, 9.17) is 30.2 Å². The summed E-state index contributed by atoms with van der Waals surface area (Å²) in [5, 5.41) is 12.2. The van der Waals surface area contributed by atoms with Crippen LogP contribution in [0.2, 0.25) is 0 Å². The Labute approximate surface area is 278 Å². The SMILES string of the molecule is CCc1c(F)ccc2cc(O)cc(-c3nc(/C=C\N)c4c(N5CCCCC5)nc(OCC5(CN6CC7COCC7C6)CC5)nc4c3F)c12. The molecule has 48 heavy (non-hydrogen) atoms. The van der Waals surface area contributed by atoms with Crippen molar-refractivity contribution in [3.8, 4) is 23.0 Å². The molecular weight excluding hydrogens is 614 g/mol. The van der Waals surface area contributed by atoms with Gasteiger partial charge >= 0.3 is 6.01 Å². The van der Waals surface area contributed by atoms with Crippen LogP contribution in [-0.4, -0.2) is 77.5 Å². The number of fused-ring (bicyclic) bond motifs is 3. The molecule has 2 unspecified atom stereocenters. The number of aromatic hydroxyl groups is 1. The monoisotopic (exact) mass is 656 g/mol. The highest BCUT2D eigenvalue weighted by Gasteiger charge is 2.48. The number of hydrogen-bond acceptors (Lipinski definition) is 9. The first kappa shape index (κ1) is 31.2. The normalized spacial score (nSPS) is 22.3. The molecule has 3 saturated heterocycles. The Bertz CT molecular complexity index is 1900. The van der Waals surface area contributed by atoms with Crippen LogP contribution in [0.1, 0.15) is 50.3 Å². The average Bonchev–Trinajstić information content (AvgIpc) is 3.54. The van der Waals surface area contributed by atoms with Crippen molar-refractivity contribution >= 4 is 33.6 Å². The maximum atomic E-state index is 17.1. The number of halogens is 2. The highest BCUT2D eigenvalue weighted by atomic mass is 19.1. The molecule has 11 heteroatoms. The molecule has 1 saturated carbocycles. The second-order valence-electron chi connectivity index (χ2n) is 14.1. The smallest absolute Gasteiger partial charge is 0.319 e. The quantitative estimate of drug-likeness (QED) is 0.223. The molecule has 9 nitrogen and oxygen atoms in total.